The number of nitrogens with zero attached hydrogens (tertiary/aromatic N) is 1. The van der Waals surface area contributed by atoms with E-state index in [1.807, 2.05) is 49.4 Å². The predicted octanol–water partition coefficient (Wildman–Crippen LogP) is 5.49. The van der Waals surface area contributed by atoms with Crippen LogP contribution < -0.4 is 15.5 Å². The van der Waals surface area contributed by atoms with Crippen LogP contribution in [0.3, 0.4) is 0 Å². The normalized spacial score (nSPS) is 14.9. The number of hydrogen-bond acceptors (Lipinski definition) is 5. The van der Waals surface area contributed by atoms with Gasteiger partial charge in [-0.1, -0.05) is 37.6 Å². The molecule has 2 aromatic rings. The number of carboxylic acids is 1. The van der Waals surface area contributed by atoms with Crippen molar-refractivity contribution < 1.29 is 24.2 Å². The van der Waals surface area contributed by atoms with Crippen LogP contribution >= 0.6 is 0 Å². The van der Waals surface area contributed by atoms with E-state index in [1.54, 1.807) is 7.11 Å². The lowest BCUT2D eigenvalue weighted by molar-refractivity contribution is -0.137. The maximum Gasteiger partial charge on any atom is 0.323 e. The standard InChI is InChI=1S/C28H39N3O5/c1-19(2)17-31(24-11-13-36-14-12-24)26-10-7-21(22(18-35-4)16-27(32)33)15-25(26)30-28(34)29-23-8-5-20(3)6-9-23/h5-10,15,19,22,24H,11-14,16-18H2,1-4H3,(H,32,33)(H2,29,30,34). The van der Waals surface area contributed by atoms with Crippen LogP contribution in [-0.2, 0) is 14.3 Å². The SMILES string of the molecule is COCC(CC(=O)O)c1ccc(N(CC(C)C)C2CCOCC2)c(NC(=O)Nc2ccc(C)cc2)c1. The number of ether oxygens (including phenoxy) is 2. The van der Waals surface area contributed by atoms with Gasteiger partial charge in [0.15, 0.2) is 0 Å². The molecular weight excluding hydrogens is 458 g/mol. The second kappa shape index (κ2) is 13.3. The summed E-state index contributed by atoms with van der Waals surface area (Å²) in [6, 6.07) is 13.4. The minimum atomic E-state index is -0.892. The summed E-state index contributed by atoms with van der Waals surface area (Å²) in [4.78, 5) is 26.9. The first-order chi connectivity index (χ1) is 17.3. The van der Waals surface area contributed by atoms with Gasteiger partial charge in [0.25, 0.3) is 0 Å². The van der Waals surface area contributed by atoms with Crippen molar-refractivity contribution in [1.82, 2.24) is 0 Å². The fourth-order valence-electron chi connectivity index (χ4n) is 4.60. The Bertz CT molecular complexity index is 1000. The number of benzene rings is 2. The number of hydrogen-bond donors (Lipinski definition) is 3. The van der Waals surface area contributed by atoms with Crippen molar-refractivity contribution in [2.45, 2.75) is 52.0 Å². The quantitative estimate of drug-likeness (QED) is 0.380. The van der Waals surface area contributed by atoms with Gasteiger partial charge in [-0.25, -0.2) is 4.79 Å². The molecule has 1 atom stereocenters. The first kappa shape index (κ1) is 27.5. The van der Waals surface area contributed by atoms with Crippen molar-refractivity contribution in [3.8, 4) is 0 Å². The summed E-state index contributed by atoms with van der Waals surface area (Å²) in [6.45, 7) is 8.88. The van der Waals surface area contributed by atoms with E-state index in [0.29, 0.717) is 36.5 Å². The van der Waals surface area contributed by atoms with Gasteiger partial charge in [0.1, 0.15) is 0 Å². The number of carbonyl (C=O) groups excluding carboxylic acids is 1. The van der Waals surface area contributed by atoms with Crippen molar-refractivity contribution >= 4 is 29.1 Å². The fraction of sp³-hybridized carbons (Fsp3) is 0.500. The van der Waals surface area contributed by atoms with E-state index >= 15 is 0 Å². The van der Waals surface area contributed by atoms with Crippen molar-refractivity contribution in [3.05, 3.63) is 53.6 Å². The largest absolute Gasteiger partial charge is 0.481 e. The Balaban J connectivity index is 1.97. The van der Waals surface area contributed by atoms with E-state index in [-0.39, 0.29) is 25.0 Å². The first-order valence-electron chi connectivity index (χ1n) is 12.6. The van der Waals surface area contributed by atoms with Gasteiger partial charge in [-0.3, -0.25) is 4.79 Å². The lowest BCUT2D eigenvalue weighted by Crippen LogP contribution is -2.42. The number of aryl methyl sites for hydroxylation is 1. The van der Waals surface area contributed by atoms with Crippen molar-refractivity contribution in [3.63, 3.8) is 0 Å². The number of urea groups is 1. The number of rotatable bonds is 11. The topological polar surface area (TPSA) is 100 Å². The van der Waals surface area contributed by atoms with Crippen LogP contribution in [0.5, 0.6) is 0 Å². The molecule has 2 amide bonds. The third kappa shape index (κ3) is 7.96. The van der Waals surface area contributed by atoms with E-state index in [4.69, 9.17) is 9.47 Å². The molecule has 1 unspecified atom stereocenters. The highest BCUT2D eigenvalue weighted by molar-refractivity contribution is 6.02. The van der Waals surface area contributed by atoms with E-state index in [0.717, 1.165) is 36.2 Å². The zero-order valence-electron chi connectivity index (χ0n) is 21.8. The molecule has 1 aliphatic heterocycles. The van der Waals surface area contributed by atoms with Crippen molar-refractivity contribution in [2.75, 3.05) is 49.0 Å². The summed E-state index contributed by atoms with van der Waals surface area (Å²) >= 11 is 0. The van der Waals surface area contributed by atoms with Gasteiger partial charge in [-0.15, -0.1) is 0 Å². The molecule has 0 aromatic heterocycles. The molecule has 36 heavy (non-hydrogen) atoms. The summed E-state index contributed by atoms with van der Waals surface area (Å²) in [7, 11) is 1.56. The molecule has 0 saturated carbocycles. The van der Waals surface area contributed by atoms with Gasteiger partial charge < -0.3 is 30.1 Å². The molecule has 3 N–H and O–H groups in total. The van der Waals surface area contributed by atoms with Crippen LogP contribution in [0.25, 0.3) is 0 Å². The molecule has 2 aromatic carbocycles. The number of carboxylic acid groups (broad SMARTS) is 1. The Kier molecular flexibility index (Phi) is 10.1. The maximum atomic E-state index is 13.0. The monoisotopic (exact) mass is 497 g/mol. The van der Waals surface area contributed by atoms with E-state index in [1.165, 1.54) is 0 Å². The highest BCUT2D eigenvalue weighted by Gasteiger charge is 2.26. The van der Waals surface area contributed by atoms with Crippen LogP contribution in [0.15, 0.2) is 42.5 Å². The molecule has 0 aliphatic carbocycles. The maximum absolute atomic E-state index is 13.0. The smallest absolute Gasteiger partial charge is 0.323 e. The molecule has 0 spiro atoms. The number of methoxy groups -OCH3 is 1. The summed E-state index contributed by atoms with van der Waals surface area (Å²) in [6.07, 6.45) is 1.77. The third-order valence-electron chi connectivity index (χ3n) is 6.34. The second-order valence-electron chi connectivity index (χ2n) is 9.86. The van der Waals surface area contributed by atoms with Gasteiger partial charge >= 0.3 is 12.0 Å². The Morgan fingerprint density at radius 1 is 1.11 bits per heavy atom. The average molecular weight is 498 g/mol. The Morgan fingerprint density at radius 3 is 2.42 bits per heavy atom. The lowest BCUT2D eigenvalue weighted by atomic mass is 9.94. The number of nitrogens with one attached hydrogen (secondary N) is 2. The molecule has 0 radical (unpaired) electrons. The average Bonchev–Trinajstić information content (AvgIpc) is 2.84. The van der Waals surface area contributed by atoms with Crippen LogP contribution in [0.1, 0.15) is 50.2 Å². The molecular formula is C28H39N3O5. The highest BCUT2D eigenvalue weighted by atomic mass is 16.5. The van der Waals surface area contributed by atoms with Crippen molar-refractivity contribution in [2.24, 2.45) is 5.92 Å². The summed E-state index contributed by atoms with van der Waals surface area (Å²) in [5.74, 6) is -0.810. The Labute approximate surface area is 214 Å². The number of anilines is 3. The highest BCUT2D eigenvalue weighted by Crippen LogP contribution is 2.35. The van der Waals surface area contributed by atoms with Crippen LogP contribution in [0, 0.1) is 12.8 Å². The third-order valence-corrected chi connectivity index (χ3v) is 6.34. The number of aliphatic carboxylic acids is 1. The Hall–Kier alpha value is -3.10. The first-order valence-corrected chi connectivity index (χ1v) is 12.6. The minimum absolute atomic E-state index is 0.0577. The van der Waals surface area contributed by atoms with Crippen LogP contribution in [0.4, 0.5) is 21.9 Å². The number of carbonyl (C=O) groups is 2. The zero-order chi connectivity index (χ0) is 26.1. The predicted molar refractivity (Wildman–Crippen MR) is 143 cm³/mol. The Morgan fingerprint density at radius 2 is 1.81 bits per heavy atom. The molecule has 1 heterocycles. The van der Waals surface area contributed by atoms with Gasteiger partial charge in [0, 0.05) is 44.5 Å². The summed E-state index contributed by atoms with van der Waals surface area (Å²) < 4.78 is 10.9. The molecule has 196 valence electrons. The van der Waals surface area contributed by atoms with Crippen molar-refractivity contribution in [1.29, 1.82) is 0 Å². The lowest BCUT2D eigenvalue weighted by Gasteiger charge is -2.38. The summed E-state index contributed by atoms with van der Waals surface area (Å²) in [5.41, 5.74) is 4.19. The number of amides is 2. The van der Waals surface area contributed by atoms with Gasteiger partial charge in [0.05, 0.1) is 24.4 Å². The summed E-state index contributed by atoms with van der Waals surface area (Å²) in [5, 5.41) is 15.4. The van der Waals surface area contributed by atoms with E-state index < -0.39 is 5.97 Å². The van der Waals surface area contributed by atoms with Gasteiger partial charge in [0.2, 0.25) is 0 Å². The minimum Gasteiger partial charge on any atom is -0.481 e. The molecule has 8 heteroatoms. The molecule has 8 nitrogen and oxygen atoms in total. The molecule has 1 saturated heterocycles. The van der Waals surface area contributed by atoms with Crippen LogP contribution in [0.2, 0.25) is 0 Å². The molecule has 3 rings (SSSR count). The molecule has 1 aliphatic rings. The van der Waals surface area contributed by atoms with Gasteiger partial charge in [-0.05, 0) is 55.5 Å². The van der Waals surface area contributed by atoms with Gasteiger partial charge in [-0.2, -0.15) is 0 Å². The second-order valence-corrected chi connectivity index (χ2v) is 9.86. The van der Waals surface area contributed by atoms with E-state index in [9.17, 15) is 14.7 Å². The molecule has 0 bridgehead atoms. The van der Waals surface area contributed by atoms with Crippen LogP contribution in [-0.4, -0.2) is 56.6 Å². The van der Waals surface area contributed by atoms with E-state index in [2.05, 4.69) is 29.4 Å². The zero-order valence-corrected chi connectivity index (χ0v) is 21.8. The molecule has 1 fully saturated rings. The fourth-order valence-corrected chi connectivity index (χ4v) is 4.60.